The zero-order valence-corrected chi connectivity index (χ0v) is 13.9. The van der Waals surface area contributed by atoms with E-state index in [1.54, 1.807) is 29.4 Å². The molecular weight excluding hydrogens is 347 g/mol. The number of nitrogens with zero attached hydrogens (tertiary/aromatic N) is 3. The molecule has 0 aliphatic carbocycles. The van der Waals surface area contributed by atoms with Crippen LogP contribution in [0.1, 0.15) is 28.8 Å². The molecule has 0 bridgehead atoms. The fourth-order valence-electron chi connectivity index (χ4n) is 2.90. The first-order valence-electron chi connectivity index (χ1n) is 8.29. The number of rotatable bonds is 4. The van der Waals surface area contributed by atoms with E-state index in [4.69, 9.17) is 4.74 Å². The number of pyridine rings is 2. The first-order valence-corrected chi connectivity index (χ1v) is 8.29. The third kappa shape index (κ3) is 4.30. The summed E-state index contributed by atoms with van der Waals surface area (Å²) < 4.78 is 44.2. The number of carbonyl (C=O) groups is 1. The average molecular weight is 365 g/mol. The van der Waals surface area contributed by atoms with Gasteiger partial charge in [-0.2, -0.15) is 13.2 Å². The normalized spacial score (nSPS) is 15.7. The largest absolute Gasteiger partial charge is 0.477 e. The molecule has 0 atom stereocenters. The summed E-state index contributed by atoms with van der Waals surface area (Å²) in [6.07, 6.45) is 1.26. The van der Waals surface area contributed by atoms with Crippen molar-refractivity contribution in [1.82, 2.24) is 14.9 Å². The van der Waals surface area contributed by atoms with Gasteiger partial charge in [-0.25, -0.2) is 4.98 Å². The highest BCUT2D eigenvalue weighted by Gasteiger charge is 2.35. The van der Waals surface area contributed by atoms with Crippen molar-refractivity contribution in [2.75, 3.05) is 19.7 Å². The summed E-state index contributed by atoms with van der Waals surface area (Å²) in [4.78, 5) is 21.7. The lowest BCUT2D eigenvalue weighted by Gasteiger charge is -2.32. The monoisotopic (exact) mass is 365 g/mol. The number of carbonyl (C=O) groups excluding carboxylic acids is 1. The molecular formula is C18H18F3N3O2. The highest BCUT2D eigenvalue weighted by Crippen LogP contribution is 2.35. The maximum absolute atomic E-state index is 12.9. The molecule has 3 rings (SSSR count). The number of hydrogen-bond donors (Lipinski definition) is 0. The topological polar surface area (TPSA) is 55.3 Å². The summed E-state index contributed by atoms with van der Waals surface area (Å²) in [6.45, 7) is 1.24. The summed E-state index contributed by atoms with van der Waals surface area (Å²) in [5.74, 6) is -0.370. The summed E-state index contributed by atoms with van der Waals surface area (Å²) in [7, 11) is 0. The average Bonchev–Trinajstić information content (AvgIpc) is 2.66. The van der Waals surface area contributed by atoms with Crippen LogP contribution in [-0.2, 0) is 6.18 Å². The van der Waals surface area contributed by atoms with Crippen molar-refractivity contribution in [3.8, 4) is 5.88 Å². The number of likely N-dealkylation sites (tertiary alicyclic amines) is 1. The molecule has 0 saturated carbocycles. The van der Waals surface area contributed by atoms with E-state index in [0.717, 1.165) is 6.07 Å². The van der Waals surface area contributed by atoms with Gasteiger partial charge in [0.2, 0.25) is 5.88 Å². The van der Waals surface area contributed by atoms with E-state index < -0.39 is 17.6 Å². The molecule has 0 unspecified atom stereocenters. The predicted octanol–water partition coefficient (Wildman–Crippen LogP) is 3.43. The minimum atomic E-state index is -4.50. The molecule has 1 aliphatic rings. The van der Waals surface area contributed by atoms with E-state index in [9.17, 15) is 18.0 Å². The third-order valence-electron chi connectivity index (χ3n) is 4.36. The van der Waals surface area contributed by atoms with Gasteiger partial charge in [-0.3, -0.25) is 9.78 Å². The molecule has 3 heterocycles. The van der Waals surface area contributed by atoms with Gasteiger partial charge in [-0.05, 0) is 43.0 Å². The van der Waals surface area contributed by atoms with Gasteiger partial charge in [0.25, 0.3) is 5.91 Å². The van der Waals surface area contributed by atoms with Gasteiger partial charge >= 0.3 is 6.18 Å². The third-order valence-corrected chi connectivity index (χ3v) is 4.36. The Morgan fingerprint density at radius 1 is 1.15 bits per heavy atom. The molecule has 0 N–H and O–H groups in total. The van der Waals surface area contributed by atoms with Gasteiger partial charge in [0.15, 0.2) is 0 Å². The fourth-order valence-corrected chi connectivity index (χ4v) is 2.90. The van der Waals surface area contributed by atoms with E-state index >= 15 is 0 Å². The molecule has 0 aromatic carbocycles. The van der Waals surface area contributed by atoms with Crippen molar-refractivity contribution in [3.63, 3.8) is 0 Å². The Bertz CT molecular complexity index is 745. The molecule has 26 heavy (non-hydrogen) atoms. The SMILES string of the molecule is O=C(c1ccncc1)N1CCC(COc2ncccc2C(F)(F)F)CC1. The second-order valence-corrected chi connectivity index (χ2v) is 6.14. The number of ether oxygens (including phenoxy) is 1. The standard InChI is InChI=1S/C18H18F3N3O2/c19-18(20,21)15-2-1-7-23-16(15)26-12-13-5-10-24(11-6-13)17(25)14-3-8-22-9-4-14/h1-4,7-9,13H,5-6,10-12H2. The second-order valence-electron chi connectivity index (χ2n) is 6.14. The van der Waals surface area contributed by atoms with Gasteiger partial charge < -0.3 is 9.64 Å². The number of amides is 1. The van der Waals surface area contributed by atoms with Crippen molar-refractivity contribution in [2.24, 2.45) is 5.92 Å². The predicted molar refractivity (Wildman–Crippen MR) is 87.6 cm³/mol. The van der Waals surface area contributed by atoms with Crippen molar-refractivity contribution in [1.29, 1.82) is 0 Å². The Balaban J connectivity index is 1.53. The van der Waals surface area contributed by atoms with E-state index in [2.05, 4.69) is 9.97 Å². The van der Waals surface area contributed by atoms with Gasteiger partial charge in [0.1, 0.15) is 5.56 Å². The van der Waals surface area contributed by atoms with Crippen LogP contribution in [-0.4, -0.2) is 40.5 Å². The molecule has 1 aliphatic heterocycles. The lowest BCUT2D eigenvalue weighted by atomic mass is 9.97. The lowest BCUT2D eigenvalue weighted by Crippen LogP contribution is -2.39. The molecule has 8 heteroatoms. The van der Waals surface area contributed by atoms with Crippen molar-refractivity contribution in [2.45, 2.75) is 19.0 Å². The van der Waals surface area contributed by atoms with Crippen molar-refractivity contribution in [3.05, 3.63) is 54.0 Å². The highest BCUT2D eigenvalue weighted by molar-refractivity contribution is 5.94. The second kappa shape index (κ2) is 7.72. The van der Waals surface area contributed by atoms with Crippen LogP contribution in [0.3, 0.4) is 0 Å². The first kappa shape index (κ1) is 18.2. The summed E-state index contributed by atoms with van der Waals surface area (Å²) in [5, 5.41) is 0. The summed E-state index contributed by atoms with van der Waals surface area (Å²) >= 11 is 0. The molecule has 2 aromatic rings. The highest BCUT2D eigenvalue weighted by atomic mass is 19.4. The van der Waals surface area contributed by atoms with Crippen LogP contribution >= 0.6 is 0 Å². The lowest BCUT2D eigenvalue weighted by molar-refractivity contribution is -0.139. The van der Waals surface area contributed by atoms with Crippen LogP contribution in [0.25, 0.3) is 0 Å². The zero-order chi connectivity index (χ0) is 18.6. The molecule has 1 fully saturated rings. The number of halogens is 3. The maximum atomic E-state index is 12.9. The molecule has 2 aromatic heterocycles. The Kier molecular flexibility index (Phi) is 5.39. The molecule has 1 saturated heterocycles. The van der Waals surface area contributed by atoms with Crippen molar-refractivity contribution >= 4 is 5.91 Å². The number of hydrogen-bond acceptors (Lipinski definition) is 4. The van der Waals surface area contributed by atoms with Crippen LogP contribution in [0.15, 0.2) is 42.9 Å². The summed E-state index contributed by atoms with van der Waals surface area (Å²) in [5.41, 5.74) is -0.289. The first-order chi connectivity index (χ1) is 12.4. The Hall–Kier alpha value is -2.64. The van der Waals surface area contributed by atoms with Gasteiger partial charge in [0, 0.05) is 37.2 Å². The quantitative estimate of drug-likeness (QED) is 0.833. The fraction of sp³-hybridized carbons (Fsp3) is 0.389. The number of aromatic nitrogens is 2. The van der Waals surface area contributed by atoms with Gasteiger partial charge in [-0.1, -0.05) is 0 Å². The molecule has 5 nitrogen and oxygen atoms in total. The molecule has 1 amide bonds. The van der Waals surface area contributed by atoms with Gasteiger partial charge in [-0.15, -0.1) is 0 Å². The zero-order valence-electron chi connectivity index (χ0n) is 13.9. The van der Waals surface area contributed by atoms with E-state index in [0.29, 0.717) is 31.5 Å². The minimum Gasteiger partial charge on any atom is -0.477 e. The Labute approximate surface area is 148 Å². The van der Waals surface area contributed by atoms with Gasteiger partial charge in [0.05, 0.1) is 6.61 Å². The van der Waals surface area contributed by atoms with E-state index in [1.807, 2.05) is 0 Å². The van der Waals surface area contributed by atoms with Crippen LogP contribution in [0.2, 0.25) is 0 Å². The maximum Gasteiger partial charge on any atom is 0.421 e. The number of alkyl halides is 3. The summed E-state index contributed by atoms with van der Waals surface area (Å²) in [6, 6.07) is 5.52. The smallest absolute Gasteiger partial charge is 0.421 e. The minimum absolute atomic E-state index is 0.0594. The molecule has 0 radical (unpaired) electrons. The number of piperidine rings is 1. The van der Waals surface area contributed by atoms with E-state index in [-0.39, 0.29) is 18.4 Å². The van der Waals surface area contributed by atoms with E-state index in [1.165, 1.54) is 12.3 Å². The van der Waals surface area contributed by atoms with Crippen LogP contribution in [0.5, 0.6) is 5.88 Å². The van der Waals surface area contributed by atoms with Crippen LogP contribution < -0.4 is 4.74 Å². The Morgan fingerprint density at radius 2 is 1.85 bits per heavy atom. The molecule has 0 spiro atoms. The Morgan fingerprint density at radius 3 is 2.50 bits per heavy atom. The van der Waals surface area contributed by atoms with Crippen molar-refractivity contribution < 1.29 is 22.7 Å². The van der Waals surface area contributed by atoms with Crippen LogP contribution in [0.4, 0.5) is 13.2 Å². The van der Waals surface area contributed by atoms with Crippen LogP contribution in [0, 0.1) is 5.92 Å². The molecule has 138 valence electrons.